The second-order valence-corrected chi connectivity index (χ2v) is 7.78. The Hall–Kier alpha value is -1.01. The van der Waals surface area contributed by atoms with E-state index >= 15 is 0 Å². The van der Waals surface area contributed by atoms with Gasteiger partial charge in [0, 0.05) is 21.4 Å². The monoisotopic (exact) mass is 386 g/mol. The van der Waals surface area contributed by atoms with Crippen LogP contribution in [0.15, 0.2) is 28.1 Å². The molecule has 0 aliphatic carbocycles. The molecule has 130 valence electrons. The summed E-state index contributed by atoms with van der Waals surface area (Å²) in [5, 5.41) is 11.3. The van der Waals surface area contributed by atoms with Crippen LogP contribution in [0.25, 0.3) is 0 Å². The molecule has 0 aliphatic heterocycles. The Balaban J connectivity index is 2.53. The summed E-state index contributed by atoms with van der Waals surface area (Å²) in [5.41, 5.74) is 0.904. The highest BCUT2D eigenvalue weighted by Crippen LogP contribution is 2.37. The first kappa shape index (κ1) is 19.3. The smallest absolute Gasteiger partial charge is 0.149 e. The van der Waals surface area contributed by atoms with E-state index in [0.29, 0.717) is 22.3 Å². The lowest BCUT2D eigenvalue weighted by molar-refractivity contribution is -0.117. The van der Waals surface area contributed by atoms with Gasteiger partial charge in [0.1, 0.15) is 16.6 Å². The molecule has 0 spiro atoms. The Kier molecular flexibility index (Phi) is 6.75. The quantitative estimate of drug-likeness (QED) is 0.755. The van der Waals surface area contributed by atoms with Crippen LogP contribution in [-0.2, 0) is 17.8 Å². The van der Waals surface area contributed by atoms with Crippen molar-refractivity contribution < 1.29 is 9.90 Å². The molecule has 0 saturated heterocycles. The SMILES string of the molecule is CC(=O)Cn1c(CCO)nc(C(C)C)c1Sc1cc(Cl)cc(Cl)c1. The third-order valence-electron chi connectivity index (χ3n) is 3.34. The summed E-state index contributed by atoms with van der Waals surface area (Å²) >= 11 is 13.7. The van der Waals surface area contributed by atoms with E-state index in [-0.39, 0.29) is 24.9 Å². The van der Waals surface area contributed by atoms with Crippen molar-refractivity contribution in [3.63, 3.8) is 0 Å². The molecule has 7 heteroatoms. The zero-order chi connectivity index (χ0) is 17.9. The van der Waals surface area contributed by atoms with Crippen molar-refractivity contribution in [2.75, 3.05) is 6.61 Å². The van der Waals surface area contributed by atoms with Gasteiger partial charge in [-0.2, -0.15) is 0 Å². The lowest BCUT2D eigenvalue weighted by atomic mass is 10.1. The maximum atomic E-state index is 11.7. The van der Waals surface area contributed by atoms with Crippen LogP contribution in [0.2, 0.25) is 10.0 Å². The number of halogens is 2. The standard InChI is InChI=1S/C17H20Cl2N2O2S/c1-10(2)16-17(24-14-7-12(18)6-13(19)8-14)21(9-11(3)23)15(20-16)4-5-22/h6-8,10,22H,4-5,9H2,1-3H3. The molecule has 1 heterocycles. The van der Waals surface area contributed by atoms with E-state index in [2.05, 4.69) is 18.8 Å². The largest absolute Gasteiger partial charge is 0.396 e. The summed E-state index contributed by atoms with van der Waals surface area (Å²) in [7, 11) is 0. The average molecular weight is 387 g/mol. The second-order valence-electron chi connectivity index (χ2n) is 5.84. The highest BCUT2D eigenvalue weighted by Gasteiger charge is 2.21. The number of hydrogen-bond donors (Lipinski definition) is 1. The second kappa shape index (κ2) is 8.39. The maximum absolute atomic E-state index is 11.7. The van der Waals surface area contributed by atoms with Gasteiger partial charge in [0.2, 0.25) is 0 Å². The predicted molar refractivity (Wildman–Crippen MR) is 98.4 cm³/mol. The number of nitrogens with zero attached hydrogens (tertiary/aromatic N) is 2. The first-order valence-corrected chi connectivity index (χ1v) is 9.22. The van der Waals surface area contributed by atoms with E-state index in [4.69, 9.17) is 23.2 Å². The van der Waals surface area contributed by atoms with Crippen LogP contribution in [0.4, 0.5) is 0 Å². The zero-order valence-electron chi connectivity index (χ0n) is 13.8. The fourth-order valence-electron chi connectivity index (χ4n) is 2.36. The minimum absolute atomic E-state index is 0.0143. The van der Waals surface area contributed by atoms with Crippen molar-refractivity contribution in [1.29, 1.82) is 0 Å². The van der Waals surface area contributed by atoms with Crippen LogP contribution in [0.1, 0.15) is 38.2 Å². The molecule has 2 aromatic rings. The van der Waals surface area contributed by atoms with Crippen molar-refractivity contribution in [2.24, 2.45) is 0 Å². The van der Waals surface area contributed by atoms with E-state index in [1.165, 1.54) is 11.8 Å². The number of carbonyl (C=O) groups is 1. The van der Waals surface area contributed by atoms with Gasteiger partial charge in [-0.3, -0.25) is 4.79 Å². The molecule has 0 saturated carbocycles. The van der Waals surface area contributed by atoms with Crippen LogP contribution in [0, 0.1) is 0 Å². The summed E-state index contributed by atoms with van der Waals surface area (Å²) in [6.45, 7) is 5.87. The van der Waals surface area contributed by atoms with E-state index in [1.807, 2.05) is 16.7 Å². The summed E-state index contributed by atoms with van der Waals surface area (Å²) in [5.74, 6) is 0.938. The molecule has 4 nitrogen and oxygen atoms in total. The van der Waals surface area contributed by atoms with Gasteiger partial charge in [-0.1, -0.05) is 48.8 Å². The summed E-state index contributed by atoms with van der Waals surface area (Å²) in [6, 6.07) is 5.35. The molecule has 0 bridgehead atoms. The molecular formula is C17H20Cl2N2O2S. The van der Waals surface area contributed by atoms with Gasteiger partial charge in [-0.15, -0.1) is 0 Å². The van der Waals surface area contributed by atoms with Crippen molar-refractivity contribution in [3.05, 3.63) is 39.8 Å². The third-order valence-corrected chi connectivity index (χ3v) is 4.87. The molecule has 0 aliphatic rings. The first-order valence-electron chi connectivity index (χ1n) is 7.65. The van der Waals surface area contributed by atoms with Crippen molar-refractivity contribution in [2.45, 2.75) is 49.6 Å². The molecule has 0 atom stereocenters. The minimum atomic E-state index is -0.0143. The number of rotatable bonds is 7. The molecule has 1 aromatic heterocycles. The van der Waals surface area contributed by atoms with E-state index in [0.717, 1.165) is 15.6 Å². The first-order chi connectivity index (χ1) is 11.3. The fraction of sp³-hybridized carbons (Fsp3) is 0.412. The predicted octanol–water partition coefficient (Wildman–Crippen LogP) is 4.59. The Bertz CT molecular complexity index is 724. The molecule has 24 heavy (non-hydrogen) atoms. The lowest BCUT2D eigenvalue weighted by Gasteiger charge is -2.12. The van der Waals surface area contributed by atoms with Gasteiger partial charge in [0.25, 0.3) is 0 Å². The summed E-state index contributed by atoms with van der Waals surface area (Å²) in [4.78, 5) is 17.2. The fourth-order valence-corrected chi connectivity index (χ4v) is 4.28. The van der Waals surface area contributed by atoms with Gasteiger partial charge < -0.3 is 9.67 Å². The van der Waals surface area contributed by atoms with Crippen LogP contribution < -0.4 is 0 Å². The number of Topliss-reactive ketones (excluding diaryl/α,β-unsaturated/α-hetero) is 1. The molecular weight excluding hydrogens is 367 g/mol. The van der Waals surface area contributed by atoms with Gasteiger partial charge in [-0.05, 0) is 31.0 Å². The Morgan fingerprint density at radius 2 is 1.92 bits per heavy atom. The van der Waals surface area contributed by atoms with Gasteiger partial charge in [-0.25, -0.2) is 4.98 Å². The highest BCUT2D eigenvalue weighted by atomic mass is 35.5. The van der Waals surface area contributed by atoms with E-state index in [9.17, 15) is 9.90 Å². The van der Waals surface area contributed by atoms with Crippen LogP contribution >= 0.6 is 35.0 Å². The maximum Gasteiger partial charge on any atom is 0.149 e. The number of benzene rings is 1. The third kappa shape index (κ3) is 4.76. The molecule has 0 unspecified atom stereocenters. The summed E-state index contributed by atoms with van der Waals surface area (Å²) in [6.07, 6.45) is 0.407. The minimum Gasteiger partial charge on any atom is -0.396 e. The molecule has 1 aromatic carbocycles. The van der Waals surface area contributed by atoms with Crippen molar-refractivity contribution in [1.82, 2.24) is 9.55 Å². The number of carbonyl (C=O) groups excluding carboxylic acids is 1. The van der Waals surface area contributed by atoms with Gasteiger partial charge >= 0.3 is 0 Å². The number of ketones is 1. The van der Waals surface area contributed by atoms with E-state index < -0.39 is 0 Å². The number of hydrogen-bond acceptors (Lipinski definition) is 4. The normalized spacial score (nSPS) is 11.3. The number of imidazole rings is 1. The highest BCUT2D eigenvalue weighted by molar-refractivity contribution is 7.99. The zero-order valence-corrected chi connectivity index (χ0v) is 16.2. The van der Waals surface area contributed by atoms with E-state index in [1.54, 1.807) is 13.0 Å². The Morgan fingerprint density at radius 3 is 2.42 bits per heavy atom. The van der Waals surface area contributed by atoms with Crippen LogP contribution in [0.5, 0.6) is 0 Å². The molecule has 0 amide bonds. The van der Waals surface area contributed by atoms with Gasteiger partial charge in [0.15, 0.2) is 0 Å². The van der Waals surface area contributed by atoms with Crippen molar-refractivity contribution in [3.8, 4) is 0 Å². The molecule has 2 rings (SSSR count). The molecule has 1 N–H and O–H groups in total. The lowest BCUT2D eigenvalue weighted by Crippen LogP contribution is -2.12. The summed E-state index contributed by atoms with van der Waals surface area (Å²) < 4.78 is 1.88. The Labute approximate surface area is 156 Å². The molecule has 0 fully saturated rings. The number of aliphatic hydroxyl groups is 1. The van der Waals surface area contributed by atoms with Crippen LogP contribution in [-0.4, -0.2) is 27.0 Å². The average Bonchev–Trinajstić information content (AvgIpc) is 2.76. The van der Waals surface area contributed by atoms with Crippen molar-refractivity contribution >= 4 is 40.7 Å². The van der Waals surface area contributed by atoms with Crippen LogP contribution in [0.3, 0.4) is 0 Å². The number of aromatic nitrogens is 2. The number of aliphatic hydroxyl groups excluding tert-OH is 1. The van der Waals surface area contributed by atoms with Gasteiger partial charge in [0.05, 0.1) is 18.8 Å². The Morgan fingerprint density at radius 1 is 1.29 bits per heavy atom. The molecule has 0 radical (unpaired) electrons. The topological polar surface area (TPSA) is 55.1 Å².